The molecule has 0 saturated carbocycles. The van der Waals surface area contributed by atoms with Gasteiger partial charge in [0.15, 0.2) is 0 Å². The average Bonchev–Trinajstić information content (AvgIpc) is 2.47. The lowest BCUT2D eigenvalue weighted by Crippen LogP contribution is -2.17. The second kappa shape index (κ2) is 6.68. The Balaban J connectivity index is 2.50. The molecule has 3 nitrogen and oxygen atoms in total. The molecule has 0 aliphatic rings. The van der Waals surface area contributed by atoms with Crippen LogP contribution in [0.1, 0.15) is 12.5 Å². The van der Waals surface area contributed by atoms with Gasteiger partial charge in [-0.1, -0.05) is 18.2 Å². The van der Waals surface area contributed by atoms with Gasteiger partial charge in [0.05, 0.1) is 6.61 Å². The number of hydrogen-bond donors (Lipinski definition) is 1. The third-order valence-electron chi connectivity index (χ3n) is 2.92. The molecular weight excluding hydrogens is 314 g/mol. The van der Waals surface area contributed by atoms with Gasteiger partial charge >= 0.3 is 6.36 Å². The van der Waals surface area contributed by atoms with Gasteiger partial charge in [0.25, 0.3) is 0 Å². The van der Waals surface area contributed by atoms with Gasteiger partial charge in [0.1, 0.15) is 11.6 Å². The molecule has 2 aromatic rings. The van der Waals surface area contributed by atoms with Gasteiger partial charge in [-0.25, -0.2) is 4.39 Å². The van der Waals surface area contributed by atoms with Crippen LogP contribution in [0.2, 0.25) is 0 Å². The monoisotopic (exact) mass is 327 g/mol. The van der Waals surface area contributed by atoms with Crippen LogP contribution >= 0.6 is 0 Å². The molecule has 2 aromatic carbocycles. The fourth-order valence-electron chi connectivity index (χ4n) is 2.00. The average molecular weight is 327 g/mol. The minimum Gasteiger partial charge on any atom is -0.478 e. The number of alkyl halides is 3. The van der Waals surface area contributed by atoms with E-state index in [-0.39, 0.29) is 29.2 Å². The van der Waals surface area contributed by atoms with Crippen LogP contribution in [0.15, 0.2) is 42.5 Å². The topological polar surface area (TPSA) is 42.3 Å². The summed E-state index contributed by atoms with van der Waals surface area (Å²) < 4.78 is 60.5. The predicted octanol–water partition coefficient (Wildman–Crippen LogP) is 4.75. The standard InChI is InChI=1S/C16H13F4NO2/c1-2-22-15(21)10-7-8-13(17)12(9-10)11-5-3-4-6-14(11)23-16(18,19)20/h3-9,21H,2H2,1H3. The van der Waals surface area contributed by atoms with Crippen molar-refractivity contribution in [3.8, 4) is 16.9 Å². The first kappa shape index (κ1) is 16.8. The predicted molar refractivity (Wildman–Crippen MR) is 77.0 cm³/mol. The highest BCUT2D eigenvalue weighted by Crippen LogP contribution is 2.35. The molecule has 0 bridgehead atoms. The molecule has 122 valence electrons. The number of halogens is 4. The molecule has 0 spiro atoms. The molecule has 23 heavy (non-hydrogen) atoms. The Kier molecular flexibility index (Phi) is 4.88. The number of rotatable bonds is 4. The normalized spacial score (nSPS) is 11.2. The largest absolute Gasteiger partial charge is 0.573 e. The third kappa shape index (κ3) is 4.21. The number of para-hydroxylation sites is 1. The minimum absolute atomic E-state index is 0.0616. The first-order valence-corrected chi connectivity index (χ1v) is 6.68. The lowest BCUT2D eigenvalue weighted by Gasteiger charge is -2.14. The van der Waals surface area contributed by atoms with Gasteiger partial charge in [-0.15, -0.1) is 13.2 Å². The van der Waals surface area contributed by atoms with E-state index in [1.54, 1.807) is 6.92 Å². The van der Waals surface area contributed by atoms with Crippen LogP contribution in [-0.2, 0) is 4.74 Å². The fourth-order valence-corrected chi connectivity index (χ4v) is 2.00. The van der Waals surface area contributed by atoms with E-state index in [4.69, 9.17) is 10.1 Å². The van der Waals surface area contributed by atoms with Crippen molar-refractivity contribution in [3.63, 3.8) is 0 Å². The zero-order valence-corrected chi connectivity index (χ0v) is 12.1. The zero-order valence-electron chi connectivity index (χ0n) is 12.1. The van der Waals surface area contributed by atoms with E-state index in [9.17, 15) is 17.6 Å². The van der Waals surface area contributed by atoms with E-state index in [1.165, 1.54) is 30.3 Å². The molecule has 0 amide bonds. The van der Waals surface area contributed by atoms with E-state index in [1.807, 2.05) is 0 Å². The summed E-state index contributed by atoms with van der Waals surface area (Å²) >= 11 is 0. The van der Waals surface area contributed by atoms with Crippen LogP contribution in [0.4, 0.5) is 17.6 Å². The van der Waals surface area contributed by atoms with Gasteiger partial charge in [-0.3, -0.25) is 5.41 Å². The van der Waals surface area contributed by atoms with Crippen molar-refractivity contribution in [2.45, 2.75) is 13.3 Å². The molecular formula is C16H13F4NO2. The van der Waals surface area contributed by atoms with Crippen molar-refractivity contribution in [1.29, 1.82) is 5.41 Å². The summed E-state index contributed by atoms with van der Waals surface area (Å²) in [5, 5.41) is 7.70. The highest BCUT2D eigenvalue weighted by atomic mass is 19.4. The van der Waals surface area contributed by atoms with Gasteiger partial charge in [0, 0.05) is 16.7 Å². The Labute approximate surface area is 130 Å². The maximum Gasteiger partial charge on any atom is 0.573 e. The van der Waals surface area contributed by atoms with Crippen LogP contribution in [0, 0.1) is 11.2 Å². The fraction of sp³-hybridized carbons (Fsp3) is 0.188. The number of benzene rings is 2. The molecule has 0 saturated heterocycles. The SMILES string of the molecule is CCOC(=N)c1ccc(F)c(-c2ccccc2OC(F)(F)F)c1. The molecule has 0 aliphatic heterocycles. The first-order chi connectivity index (χ1) is 10.8. The second-order valence-corrected chi connectivity index (χ2v) is 4.50. The van der Waals surface area contributed by atoms with Crippen molar-refractivity contribution in [1.82, 2.24) is 0 Å². The lowest BCUT2D eigenvalue weighted by atomic mass is 10.0. The van der Waals surface area contributed by atoms with Gasteiger partial charge in [-0.05, 0) is 31.2 Å². The van der Waals surface area contributed by atoms with E-state index < -0.39 is 17.9 Å². The minimum atomic E-state index is -4.89. The highest BCUT2D eigenvalue weighted by Gasteiger charge is 2.32. The second-order valence-electron chi connectivity index (χ2n) is 4.50. The van der Waals surface area contributed by atoms with Crippen LogP contribution in [0.3, 0.4) is 0 Å². The molecule has 2 rings (SSSR count). The summed E-state index contributed by atoms with van der Waals surface area (Å²) in [7, 11) is 0. The number of nitrogens with one attached hydrogen (secondary N) is 1. The summed E-state index contributed by atoms with van der Waals surface area (Å²) in [6.45, 7) is 1.94. The maximum atomic E-state index is 14.1. The Bertz CT molecular complexity index is 713. The smallest absolute Gasteiger partial charge is 0.478 e. The third-order valence-corrected chi connectivity index (χ3v) is 2.92. The summed E-state index contributed by atoms with van der Waals surface area (Å²) in [6, 6.07) is 8.89. The quantitative estimate of drug-likeness (QED) is 0.500. The van der Waals surface area contributed by atoms with E-state index >= 15 is 0 Å². The molecule has 0 atom stereocenters. The van der Waals surface area contributed by atoms with Gasteiger partial charge in [0.2, 0.25) is 5.90 Å². The Morgan fingerprint density at radius 3 is 2.43 bits per heavy atom. The van der Waals surface area contributed by atoms with Crippen molar-refractivity contribution in [3.05, 3.63) is 53.8 Å². The Morgan fingerprint density at radius 1 is 1.09 bits per heavy atom. The molecule has 0 fully saturated rings. The van der Waals surface area contributed by atoms with Crippen molar-refractivity contribution in [2.75, 3.05) is 6.61 Å². The molecule has 7 heteroatoms. The van der Waals surface area contributed by atoms with E-state index in [0.29, 0.717) is 0 Å². The van der Waals surface area contributed by atoms with Gasteiger partial charge in [-0.2, -0.15) is 0 Å². The van der Waals surface area contributed by atoms with Crippen LogP contribution in [0.5, 0.6) is 5.75 Å². The maximum absolute atomic E-state index is 14.1. The van der Waals surface area contributed by atoms with Crippen LogP contribution in [0.25, 0.3) is 11.1 Å². The van der Waals surface area contributed by atoms with Crippen molar-refractivity contribution in [2.24, 2.45) is 0 Å². The highest BCUT2D eigenvalue weighted by molar-refractivity contribution is 5.93. The lowest BCUT2D eigenvalue weighted by molar-refractivity contribution is -0.274. The van der Waals surface area contributed by atoms with Gasteiger partial charge < -0.3 is 9.47 Å². The Hall–Kier alpha value is -2.57. The molecule has 1 N–H and O–H groups in total. The molecule has 0 aromatic heterocycles. The number of hydrogen-bond acceptors (Lipinski definition) is 3. The van der Waals surface area contributed by atoms with Crippen molar-refractivity contribution >= 4 is 5.90 Å². The van der Waals surface area contributed by atoms with Crippen molar-refractivity contribution < 1.29 is 27.0 Å². The van der Waals surface area contributed by atoms with E-state index in [0.717, 1.165) is 12.1 Å². The Morgan fingerprint density at radius 2 is 1.78 bits per heavy atom. The summed E-state index contributed by atoms with van der Waals surface area (Å²) in [6.07, 6.45) is -4.89. The summed E-state index contributed by atoms with van der Waals surface area (Å²) in [5.41, 5.74) is 0.0883. The summed E-state index contributed by atoms with van der Waals surface area (Å²) in [4.78, 5) is 0. The molecule has 0 heterocycles. The zero-order chi connectivity index (χ0) is 17.0. The van der Waals surface area contributed by atoms with Crippen LogP contribution in [-0.4, -0.2) is 18.9 Å². The summed E-state index contributed by atoms with van der Waals surface area (Å²) in [5.74, 6) is -1.43. The molecule has 0 aliphatic carbocycles. The molecule has 0 radical (unpaired) electrons. The number of ether oxygens (including phenoxy) is 2. The molecule has 0 unspecified atom stereocenters. The van der Waals surface area contributed by atoms with E-state index in [2.05, 4.69) is 4.74 Å². The van der Waals surface area contributed by atoms with Crippen LogP contribution < -0.4 is 4.74 Å². The first-order valence-electron chi connectivity index (χ1n) is 6.68.